The number of thioether (sulfide) groups is 1. The summed E-state index contributed by atoms with van der Waals surface area (Å²) in [6.45, 7) is 3.73. The lowest BCUT2D eigenvalue weighted by Crippen LogP contribution is -2.40. The first-order valence-corrected chi connectivity index (χ1v) is 8.84. The van der Waals surface area contributed by atoms with Crippen LogP contribution in [0.4, 0.5) is 13.2 Å². The molecule has 1 aromatic carbocycles. The Hall–Kier alpha value is -0.640. The number of alkyl halides is 3. The molecule has 1 atom stereocenters. The molecule has 2 N–H and O–H groups in total. The molecule has 24 heavy (non-hydrogen) atoms. The normalized spacial score (nSPS) is 18.2. The van der Waals surface area contributed by atoms with Gasteiger partial charge in [-0.1, -0.05) is 12.1 Å². The van der Waals surface area contributed by atoms with Crippen LogP contribution in [0.3, 0.4) is 0 Å². The molecule has 136 valence electrons. The van der Waals surface area contributed by atoms with Crippen LogP contribution >= 0.6 is 35.7 Å². The third-order valence-electron chi connectivity index (χ3n) is 3.54. The molecule has 1 aliphatic rings. The van der Waals surface area contributed by atoms with E-state index in [0.717, 1.165) is 18.7 Å². The molecule has 3 nitrogen and oxygen atoms in total. The number of hydrogen-bond acceptors (Lipinski definition) is 2. The van der Waals surface area contributed by atoms with Gasteiger partial charge < -0.3 is 10.6 Å². The predicted molar refractivity (Wildman–Crippen MR) is 105 cm³/mol. The van der Waals surface area contributed by atoms with Gasteiger partial charge in [-0.15, -0.1) is 24.0 Å². The summed E-state index contributed by atoms with van der Waals surface area (Å²) < 4.78 is 38.2. The summed E-state index contributed by atoms with van der Waals surface area (Å²) in [7, 11) is 0. The Morgan fingerprint density at radius 3 is 2.75 bits per heavy atom. The predicted octanol–water partition coefficient (Wildman–Crippen LogP) is 4.27. The van der Waals surface area contributed by atoms with E-state index in [1.165, 1.54) is 24.7 Å². The highest BCUT2D eigenvalue weighted by Crippen LogP contribution is 2.29. The molecule has 1 aromatic rings. The van der Waals surface area contributed by atoms with Crippen molar-refractivity contribution in [2.75, 3.05) is 18.8 Å². The van der Waals surface area contributed by atoms with Crippen LogP contribution in [0.2, 0.25) is 0 Å². The van der Waals surface area contributed by atoms with E-state index in [9.17, 15) is 13.2 Å². The molecular weight excluding hydrogens is 450 g/mol. The van der Waals surface area contributed by atoms with Crippen molar-refractivity contribution in [3.05, 3.63) is 35.4 Å². The summed E-state index contributed by atoms with van der Waals surface area (Å²) in [5.74, 6) is 1.85. The van der Waals surface area contributed by atoms with Crippen LogP contribution in [0.5, 0.6) is 0 Å². The van der Waals surface area contributed by atoms with E-state index in [0.29, 0.717) is 23.3 Å². The number of halogens is 4. The number of guanidine groups is 1. The summed E-state index contributed by atoms with van der Waals surface area (Å²) in [6.07, 6.45) is -1.87. The van der Waals surface area contributed by atoms with E-state index in [1.807, 2.05) is 18.7 Å². The zero-order valence-electron chi connectivity index (χ0n) is 13.5. The first-order chi connectivity index (χ1) is 11.0. The molecule has 0 aliphatic carbocycles. The molecule has 0 amide bonds. The monoisotopic (exact) mass is 473 g/mol. The molecule has 1 fully saturated rings. The van der Waals surface area contributed by atoms with Crippen molar-refractivity contribution in [3.8, 4) is 0 Å². The van der Waals surface area contributed by atoms with Crippen molar-refractivity contribution in [1.82, 2.24) is 10.6 Å². The van der Waals surface area contributed by atoms with E-state index in [4.69, 9.17) is 0 Å². The van der Waals surface area contributed by atoms with Gasteiger partial charge in [0.25, 0.3) is 0 Å². The molecule has 1 unspecified atom stereocenters. The second-order valence-corrected chi connectivity index (χ2v) is 6.82. The van der Waals surface area contributed by atoms with Crippen molar-refractivity contribution in [3.63, 3.8) is 0 Å². The van der Waals surface area contributed by atoms with Gasteiger partial charge in [0, 0.05) is 18.3 Å². The van der Waals surface area contributed by atoms with Crippen LogP contribution < -0.4 is 10.6 Å². The zero-order chi connectivity index (χ0) is 16.7. The fourth-order valence-electron chi connectivity index (χ4n) is 2.37. The maximum absolute atomic E-state index is 12.7. The maximum atomic E-state index is 12.7. The van der Waals surface area contributed by atoms with Crippen LogP contribution in [0, 0.1) is 0 Å². The van der Waals surface area contributed by atoms with E-state index in [1.54, 1.807) is 6.07 Å². The second kappa shape index (κ2) is 10.4. The van der Waals surface area contributed by atoms with E-state index in [2.05, 4.69) is 15.6 Å². The van der Waals surface area contributed by atoms with Gasteiger partial charge >= 0.3 is 6.18 Å². The van der Waals surface area contributed by atoms with Crippen LogP contribution in [-0.4, -0.2) is 30.1 Å². The fraction of sp³-hybridized carbons (Fsp3) is 0.562. The highest BCUT2D eigenvalue weighted by Gasteiger charge is 2.30. The van der Waals surface area contributed by atoms with Crippen molar-refractivity contribution < 1.29 is 13.2 Å². The molecule has 0 saturated carbocycles. The Morgan fingerprint density at radius 2 is 2.12 bits per heavy atom. The summed E-state index contributed by atoms with van der Waals surface area (Å²) in [5.41, 5.74) is -0.0854. The third kappa shape index (κ3) is 7.08. The van der Waals surface area contributed by atoms with Gasteiger partial charge in [0.15, 0.2) is 5.96 Å². The molecule has 0 radical (unpaired) electrons. The van der Waals surface area contributed by atoms with Crippen molar-refractivity contribution in [1.29, 1.82) is 0 Å². The molecule has 1 heterocycles. The van der Waals surface area contributed by atoms with Crippen molar-refractivity contribution in [2.24, 2.45) is 4.99 Å². The van der Waals surface area contributed by atoms with Gasteiger partial charge in [-0.05, 0) is 43.2 Å². The minimum Gasteiger partial charge on any atom is -0.357 e. The number of nitrogens with one attached hydrogen (secondary N) is 2. The summed E-state index contributed by atoms with van der Waals surface area (Å²) in [5, 5.41) is 6.99. The standard InChI is InChI=1S/C16H22F3N3S.HI/c1-2-20-15(22-11-14-7-4-8-23-14)21-10-12-5-3-6-13(9-12)16(17,18)19;/h3,5-6,9,14H,2,4,7-8,10-11H2,1H3,(H2,20,21,22);1H. The Kier molecular flexibility index (Phi) is 9.25. The van der Waals surface area contributed by atoms with Gasteiger partial charge in [-0.3, -0.25) is 0 Å². The van der Waals surface area contributed by atoms with Crippen LogP contribution in [-0.2, 0) is 12.7 Å². The number of nitrogens with zero attached hydrogens (tertiary/aromatic N) is 1. The lowest BCUT2D eigenvalue weighted by Gasteiger charge is -2.14. The molecule has 0 aromatic heterocycles. The first-order valence-electron chi connectivity index (χ1n) is 7.79. The molecule has 0 bridgehead atoms. The topological polar surface area (TPSA) is 36.4 Å². The lowest BCUT2D eigenvalue weighted by atomic mass is 10.1. The molecule has 2 rings (SSSR count). The lowest BCUT2D eigenvalue weighted by molar-refractivity contribution is -0.137. The van der Waals surface area contributed by atoms with Crippen LogP contribution in [0.15, 0.2) is 29.3 Å². The van der Waals surface area contributed by atoms with E-state index in [-0.39, 0.29) is 30.5 Å². The summed E-state index contributed by atoms with van der Waals surface area (Å²) in [6, 6.07) is 5.31. The second-order valence-electron chi connectivity index (χ2n) is 5.41. The Morgan fingerprint density at radius 1 is 1.33 bits per heavy atom. The number of benzene rings is 1. The van der Waals surface area contributed by atoms with E-state index < -0.39 is 11.7 Å². The smallest absolute Gasteiger partial charge is 0.357 e. The highest BCUT2D eigenvalue weighted by molar-refractivity contribution is 14.0. The average molecular weight is 473 g/mol. The first kappa shape index (κ1) is 21.4. The van der Waals surface area contributed by atoms with Gasteiger partial charge in [-0.25, -0.2) is 4.99 Å². The average Bonchev–Trinajstić information content (AvgIpc) is 3.03. The summed E-state index contributed by atoms with van der Waals surface area (Å²) in [4.78, 5) is 4.39. The molecule has 0 spiro atoms. The largest absolute Gasteiger partial charge is 0.416 e. The Bertz CT molecular complexity index is 532. The van der Waals surface area contributed by atoms with Gasteiger partial charge in [-0.2, -0.15) is 24.9 Å². The molecular formula is C16H23F3IN3S. The SMILES string of the molecule is CCNC(=NCc1cccc(C(F)(F)F)c1)NCC1CCCS1.I. The van der Waals surface area contributed by atoms with Crippen molar-refractivity contribution >= 4 is 41.7 Å². The Balaban J connectivity index is 0.00000288. The zero-order valence-corrected chi connectivity index (χ0v) is 16.7. The molecule has 1 aliphatic heterocycles. The molecule has 1 saturated heterocycles. The number of rotatable bonds is 5. The number of hydrogen-bond donors (Lipinski definition) is 2. The fourth-order valence-corrected chi connectivity index (χ4v) is 3.58. The third-order valence-corrected chi connectivity index (χ3v) is 4.94. The number of aliphatic imine (C=N–C) groups is 1. The van der Waals surface area contributed by atoms with Gasteiger partial charge in [0.2, 0.25) is 0 Å². The van der Waals surface area contributed by atoms with Crippen LogP contribution in [0.1, 0.15) is 30.9 Å². The van der Waals surface area contributed by atoms with Crippen LogP contribution in [0.25, 0.3) is 0 Å². The van der Waals surface area contributed by atoms with Crippen molar-refractivity contribution in [2.45, 2.75) is 37.7 Å². The van der Waals surface area contributed by atoms with Gasteiger partial charge in [0.1, 0.15) is 0 Å². The minimum absolute atomic E-state index is 0. The quantitative estimate of drug-likeness (QED) is 0.381. The Labute approximate surface area is 162 Å². The highest BCUT2D eigenvalue weighted by atomic mass is 127. The molecule has 8 heteroatoms. The maximum Gasteiger partial charge on any atom is 0.416 e. The van der Waals surface area contributed by atoms with E-state index >= 15 is 0 Å². The van der Waals surface area contributed by atoms with Gasteiger partial charge in [0.05, 0.1) is 12.1 Å². The minimum atomic E-state index is -4.32. The summed E-state index contributed by atoms with van der Waals surface area (Å²) >= 11 is 1.95.